The molecule has 0 bridgehead atoms. The molecule has 0 aliphatic carbocycles. The highest BCUT2D eigenvalue weighted by Gasteiger charge is 2.26. The molecule has 29 heavy (non-hydrogen) atoms. The van der Waals surface area contributed by atoms with Gasteiger partial charge in [-0.05, 0) is 30.3 Å². The van der Waals surface area contributed by atoms with Gasteiger partial charge < -0.3 is 18.9 Å². The fraction of sp³-hybridized carbons (Fsp3) is 0.348. The van der Waals surface area contributed by atoms with E-state index in [0.717, 1.165) is 41.6 Å². The van der Waals surface area contributed by atoms with E-state index in [0.29, 0.717) is 24.7 Å². The number of amides is 1. The summed E-state index contributed by atoms with van der Waals surface area (Å²) in [6.07, 6.45) is 3.71. The van der Waals surface area contributed by atoms with Gasteiger partial charge in [0.15, 0.2) is 0 Å². The van der Waals surface area contributed by atoms with Crippen LogP contribution in [-0.2, 0) is 11.3 Å². The van der Waals surface area contributed by atoms with E-state index in [1.807, 2.05) is 59.6 Å². The Hall–Kier alpha value is -2.50. The SMILES string of the molecule is COCCn1cc(C(=O)N2CCC(Oc3ccc(Cl)cc3)CC2)c2ccccc21. The highest BCUT2D eigenvalue weighted by Crippen LogP contribution is 2.26. The number of halogens is 1. The number of benzene rings is 2. The van der Waals surface area contributed by atoms with Crippen LogP contribution in [0.3, 0.4) is 0 Å². The van der Waals surface area contributed by atoms with Gasteiger partial charge in [-0.1, -0.05) is 29.8 Å². The van der Waals surface area contributed by atoms with Gasteiger partial charge in [0, 0.05) is 61.7 Å². The average molecular weight is 413 g/mol. The summed E-state index contributed by atoms with van der Waals surface area (Å²) >= 11 is 5.93. The molecule has 1 amide bonds. The molecule has 0 radical (unpaired) electrons. The fourth-order valence-electron chi connectivity index (χ4n) is 3.84. The molecule has 3 aromatic rings. The number of rotatable bonds is 6. The molecule has 0 spiro atoms. The van der Waals surface area contributed by atoms with Crippen molar-refractivity contribution in [3.8, 4) is 5.75 Å². The maximum atomic E-state index is 13.2. The summed E-state index contributed by atoms with van der Waals surface area (Å²) in [5.74, 6) is 0.905. The number of hydrogen-bond donors (Lipinski definition) is 0. The van der Waals surface area contributed by atoms with Crippen molar-refractivity contribution in [3.63, 3.8) is 0 Å². The van der Waals surface area contributed by atoms with Crippen molar-refractivity contribution in [1.82, 2.24) is 9.47 Å². The molecule has 1 fully saturated rings. The molecule has 1 aliphatic rings. The minimum absolute atomic E-state index is 0.0855. The van der Waals surface area contributed by atoms with Gasteiger partial charge in [-0.25, -0.2) is 0 Å². The van der Waals surface area contributed by atoms with E-state index >= 15 is 0 Å². The van der Waals surface area contributed by atoms with Crippen LogP contribution in [0.5, 0.6) is 5.75 Å². The number of carbonyl (C=O) groups excluding carboxylic acids is 1. The Morgan fingerprint density at radius 1 is 1.10 bits per heavy atom. The Morgan fingerprint density at radius 2 is 1.83 bits per heavy atom. The molecular formula is C23H25ClN2O3. The third-order valence-electron chi connectivity index (χ3n) is 5.40. The van der Waals surface area contributed by atoms with Crippen molar-refractivity contribution in [2.45, 2.75) is 25.5 Å². The average Bonchev–Trinajstić information content (AvgIpc) is 3.13. The lowest BCUT2D eigenvalue weighted by Gasteiger charge is -2.32. The molecule has 4 rings (SSSR count). The lowest BCUT2D eigenvalue weighted by atomic mass is 10.1. The molecule has 6 heteroatoms. The summed E-state index contributed by atoms with van der Waals surface area (Å²) in [5.41, 5.74) is 1.82. The minimum atomic E-state index is 0.0855. The second kappa shape index (κ2) is 8.89. The van der Waals surface area contributed by atoms with E-state index in [4.69, 9.17) is 21.1 Å². The van der Waals surface area contributed by atoms with Gasteiger partial charge in [-0.2, -0.15) is 0 Å². The summed E-state index contributed by atoms with van der Waals surface area (Å²) < 4.78 is 13.4. The molecule has 0 saturated carbocycles. The first kappa shape index (κ1) is 19.8. The van der Waals surface area contributed by atoms with Crippen LogP contribution >= 0.6 is 11.6 Å². The van der Waals surface area contributed by atoms with Crippen LogP contribution in [0.2, 0.25) is 5.02 Å². The van der Waals surface area contributed by atoms with E-state index in [9.17, 15) is 4.79 Å². The molecule has 1 saturated heterocycles. The van der Waals surface area contributed by atoms with E-state index in [1.165, 1.54) is 0 Å². The van der Waals surface area contributed by atoms with Gasteiger partial charge in [0.1, 0.15) is 11.9 Å². The van der Waals surface area contributed by atoms with Crippen molar-refractivity contribution < 1.29 is 14.3 Å². The fourth-order valence-corrected chi connectivity index (χ4v) is 3.97. The number of ether oxygens (including phenoxy) is 2. The van der Waals surface area contributed by atoms with Crippen LogP contribution < -0.4 is 4.74 Å². The Labute approximate surface area is 175 Å². The Bertz CT molecular complexity index is 975. The van der Waals surface area contributed by atoms with Gasteiger partial charge in [-0.15, -0.1) is 0 Å². The van der Waals surface area contributed by atoms with Crippen LogP contribution in [0.15, 0.2) is 54.7 Å². The van der Waals surface area contributed by atoms with Crippen LogP contribution in [0, 0.1) is 0 Å². The molecular weight excluding hydrogens is 388 g/mol. The zero-order chi connectivity index (χ0) is 20.2. The third kappa shape index (κ3) is 4.41. The van der Waals surface area contributed by atoms with Gasteiger partial charge in [0.2, 0.25) is 0 Å². The van der Waals surface area contributed by atoms with Gasteiger partial charge in [0.05, 0.1) is 12.2 Å². The minimum Gasteiger partial charge on any atom is -0.490 e. The topological polar surface area (TPSA) is 43.7 Å². The normalized spacial score (nSPS) is 15.0. The van der Waals surface area contributed by atoms with Crippen LogP contribution in [0.25, 0.3) is 10.9 Å². The number of likely N-dealkylation sites (tertiary alicyclic amines) is 1. The van der Waals surface area contributed by atoms with Gasteiger partial charge in [-0.3, -0.25) is 4.79 Å². The molecule has 152 valence electrons. The van der Waals surface area contributed by atoms with Crippen molar-refractivity contribution in [2.24, 2.45) is 0 Å². The molecule has 2 heterocycles. The second-order valence-corrected chi connectivity index (χ2v) is 7.75. The van der Waals surface area contributed by atoms with Crippen LogP contribution in [0.1, 0.15) is 23.2 Å². The molecule has 2 aromatic carbocycles. The third-order valence-corrected chi connectivity index (χ3v) is 5.65. The highest BCUT2D eigenvalue weighted by atomic mass is 35.5. The summed E-state index contributed by atoms with van der Waals surface area (Å²) in [7, 11) is 1.69. The van der Waals surface area contributed by atoms with E-state index in [1.54, 1.807) is 7.11 Å². The summed E-state index contributed by atoms with van der Waals surface area (Å²) in [5, 5.41) is 1.69. The lowest BCUT2D eigenvalue weighted by molar-refractivity contribution is 0.0597. The summed E-state index contributed by atoms with van der Waals surface area (Å²) in [6.45, 7) is 2.71. The van der Waals surface area contributed by atoms with E-state index < -0.39 is 0 Å². The number of fused-ring (bicyclic) bond motifs is 1. The second-order valence-electron chi connectivity index (χ2n) is 7.31. The maximum absolute atomic E-state index is 13.2. The number of piperidine rings is 1. The molecule has 0 unspecified atom stereocenters. The van der Waals surface area contributed by atoms with Crippen molar-refractivity contribution in [1.29, 1.82) is 0 Å². The number of carbonyl (C=O) groups is 1. The number of nitrogens with zero attached hydrogens (tertiary/aromatic N) is 2. The lowest BCUT2D eigenvalue weighted by Crippen LogP contribution is -2.41. The number of hydrogen-bond acceptors (Lipinski definition) is 3. The van der Waals surface area contributed by atoms with Gasteiger partial charge in [0.25, 0.3) is 5.91 Å². The Balaban J connectivity index is 1.44. The number of para-hydroxylation sites is 1. The first-order valence-electron chi connectivity index (χ1n) is 9.94. The first-order chi connectivity index (χ1) is 14.2. The van der Waals surface area contributed by atoms with Crippen LogP contribution in [0.4, 0.5) is 0 Å². The summed E-state index contributed by atoms with van der Waals surface area (Å²) in [4.78, 5) is 15.2. The smallest absolute Gasteiger partial charge is 0.256 e. The van der Waals surface area contributed by atoms with Crippen molar-refractivity contribution in [3.05, 3.63) is 65.3 Å². The highest BCUT2D eigenvalue weighted by molar-refractivity contribution is 6.30. The molecule has 1 aliphatic heterocycles. The maximum Gasteiger partial charge on any atom is 0.256 e. The van der Waals surface area contributed by atoms with E-state index in [-0.39, 0.29) is 12.0 Å². The standard InChI is InChI=1S/C23H25ClN2O3/c1-28-15-14-26-16-21(20-4-2-3-5-22(20)26)23(27)25-12-10-19(11-13-25)29-18-8-6-17(24)7-9-18/h2-9,16,19H,10-15H2,1H3. The number of aromatic nitrogens is 1. The Kier molecular flexibility index (Phi) is 6.07. The zero-order valence-electron chi connectivity index (χ0n) is 16.5. The van der Waals surface area contributed by atoms with Crippen molar-refractivity contribution in [2.75, 3.05) is 26.8 Å². The predicted molar refractivity (Wildman–Crippen MR) is 115 cm³/mol. The first-order valence-corrected chi connectivity index (χ1v) is 10.3. The molecule has 5 nitrogen and oxygen atoms in total. The molecule has 0 N–H and O–H groups in total. The van der Waals surface area contributed by atoms with Crippen molar-refractivity contribution >= 4 is 28.4 Å². The zero-order valence-corrected chi connectivity index (χ0v) is 17.3. The van der Waals surface area contributed by atoms with E-state index in [2.05, 4.69) is 4.57 Å². The van der Waals surface area contributed by atoms with Gasteiger partial charge >= 0.3 is 0 Å². The monoisotopic (exact) mass is 412 g/mol. The van der Waals surface area contributed by atoms with Crippen LogP contribution in [-0.4, -0.2) is 48.3 Å². The molecule has 1 aromatic heterocycles. The quantitative estimate of drug-likeness (QED) is 0.593. The largest absolute Gasteiger partial charge is 0.490 e. The Morgan fingerprint density at radius 3 is 2.55 bits per heavy atom. The predicted octanol–water partition coefficient (Wildman–Crippen LogP) is 4.62. The summed E-state index contributed by atoms with van der Waals surface area (Å²) in [6, 6.07) is 15.5. The number of methoxy groups -OCH3 is 1. The molecule has 0 atom stereocenters.